The van der Waals surface area contributed by atoms with Gasteiger partial charge >= 0.3 is 0 Å². The van der Waals surface area contributed by atoms with Gasteiger partial charge in [-0.25, -0.2) is 0 Å². The Labute approximate surface area is 179 Å². The average molecular weight is 501 g/mol. The molecule has 1 heterocycles. The van der Waals surface area contributed by atoms with E-state index in [0.29, 0.717) is 22.4 Å². The number of halogens is 2. The van der Waals surface area contributed by atoms with E-state index in [2.05, 4.69) is 31.9 Å². The zero-order chi connectivity index (χ0) is 19.7. The van der Waals surface area contributed by atoms with Gasteiger partial charge in [0.1, 0.15) is 6.10 Å². The van der Waals surface area contributed by atoms with Gasteiger partial charge in [0.25, 0.3) is 5.91 Å². The highest BCUT2D eigenvalue weighted by Crippen LogP contribution is 2.39. The van der Waals surface area contributed by atoms with E-state index in [1.807, 2.05) is 42.5 Å². The minimum atomic E-state index is -0.579. The summed E-state index contributed by atoms with van der Waals surface area (Å²) in [5.74, 6) is -0.309. The number of fused-ring (bicyclic) bond motifs is 1. The van der Waals surface area contributed by atoms with Crippen molar-refractivity contribution in [2.24, 2.45) is 0 Å². The number of hydrogen-bond donors (Lipinski definition) is 0. The Kier molecular flexibility index (Phi) is 5.44. The predicted octanol–water partition coefficient (Wildman–Crippen LogP) is 6.12. The van der Waals surface area contributed by atoms with E-state index in [9.17, 15) is 9.59 Å². The number of benzene rings is 3. The van der Waals surface area contributed by atoms with Crippen LogP contribution in [0.5, 0.6) is 0 Å². The Morgan fingerprint density at radius 2 is 1.54 bits per heavy atom. The van der Waals surface area contributed by atoms with E-state index >= 15 is 0 Å². The molecule has 0 aliphatic carbocycles. The van der Waals surface area contributed by atoms with Gasteiger partial charge in [0.2, 0.25) is 0 Å². The summed E-state index contributed by atoms with van der Waals surface area (Å²) in [6, 6.07) is 21.8. The molecule has 1 atom stereocenters. The number of carbonyl (C=O) groups is 2. The Hall–Kier alpha value is -2.28. The van der Waals surface area contributed by atoms with Crippen LogP contribution < -0.4 is 5.06 Å². The van der Waals surface area contributed by atoms with E-state index in [1.165, 1.54) is 5.06 Å². The first kappa shape index (κ1) is 19.1. The minimum Gasteiger partial charge on any atom is -0.294 e. The molecule has 140 valence electrons. The van der Waals surface area contributed by atoms with Crippen LogP contribution >= 0.6 is 31.9 Å². The first-order valence-electron chi connectivity index (χ1n) is 8.68. The Bertz CT molecular complexity index is 1040. The molecular formula is C22H15Br2NO3. The summed E-state index contributed by atoms with van der Waals surface area (Å²) in [4.78, 5) is 31.9. The Morgan fingerprint density at radius 3 is 2.21 bits per heavy atom. The van der Waals surface area contributed by atoms with E-state index in [4.69, 9.17) is 4.84 Å². The molecule has 0 saturated heterocycles. The van der Waals surface area contributed by atoms with Crippen LogP contribution in [0, 0.1) is 0 Å². The third kappa shape index (κ3) is 3.68. The van der Waals surface area contributed by atoms with Crippen molar-refractivity contribution < 1.29 is 14.4 Å². The molecule has 28 heavy (non-hydrogen) atoms. The van der Waals surface area contributed by atoms with Gasteiger partial charge in [0.05, 0.1) is 5.69 Å². The van der Waals surface area contributed by atoms with Crippen LogP contribution in [0.2, 0.25) is 0 Å². The third-order valence-corrected chi connectivity index (χ3v) is 6.39. The van der Waals surface area contributed by atoms with Gasteiger partial charge < -0.3 is 0 Å². The van der Waals surface area contributed by atoms with Crippen molar-refractivity contribution in [1.82, 2.24) is 0 Å². The molecule has 0 aromatic heterocycles. The number of rotatable bonds is 4. The van der Waals surface area contributed by atoms with Crippen LogP contribution in [-0.2, 0) is 4.84 Å². The number of para-hydroxylation sites is 1. The lowest BCUT2D eigenvalue weighted by Gasteiger charge is -2.33. The molecule has 0 saturated carbocycles. The maximum Gasteiger partial charge on any atom is 0.282 e. The molecule has 0 N–H and O–H groups in total. The Balaban J connectivity index is 1.74. The molecule has 0 spiro atoms. The molecule has 3 aromatic rings. The number of nitrogens with zero attached hydrogens (tertiary/aromatic N) is 1. The normalized spacial score (nSPS) is 16.0. The minimum absolute atomic E-state index is 0.0436. The fourth-order valence-corrected chi connectivity index (χ4v) is 3.86. The third-order valence-electron chi connectivity index (χ3n) is 4.54. The highest BCUT2D eigenvalue weighted by molar-refractivity contribution is 9.13. The fraction of sp³-hybridized carbons (Fsp3) is 0.0909. The van der Waals surface area contributed by atoms with Crippen LogP contribution in [0.25, 0.3) is 0 Å². The zero-order valence-electron chi connectivity index (χ0n) is 14.6. The largest absolute Gasteiger partial charge is 0.294 e. The number of hydroxylamine groups is 1. The molecule has 3 aromatic carbocycles. The van der Waals surface area contributed by atoms with Crippen molar-refractivity contribution in [1.29, 1.82) is 0 Å². The summed E-state index contributed by atoms with van der Waals surface area (Å²) in [5, 5.41) is 1.27. The van der Waals surface area contributed by atoms with Gasteiger partial charge in [-0.1, -0.05) is 48.5 Å². The topological polar surface area (TPSA) is 46.6 Å². The van der Waals surface area contributed by atoms with Crippen LogP contribution in [0.1, 0.15) is 38.8 Å². The average Bonchev–Trinajstić information content (AvgIpc) is 2.72. The number of hydrogen-bond acceptors (Lipinski definition) is 3. The summed E-state index contributed by atoms with van der Waals surface area (Å²) < 4.78 is 1.57. The first-order valence-corrected chi connectivity index (χ1v) is 10.3. The maximum absolute atomic E-state index is 13.1. The summed E-state index contributed by atoms with van der Waals surface area (Å²) in [7, 11) is 0. The summed E-state index contributed by atoms with van der Waals surface area (Å²) in [6.45, 7) is 0. The molecule has 4 nitrogen and oxygen atoms in total. The van der Waals surface area contributed by atoms with Crippen molar-refractivity contribution in [2.45, 2.75) is 12.5 Å². The smallest absolute Gasteiger partial charge is 0.282 e. The number of ketones is 1. The molecule has 1 aliphatic heterocycles. The predicted molar refractivity (Wildman–Crippen MR) is 114 cm³/mol. The second-order valence-corrected chi connectivity index (χ2v) is 8.08. The van der Waals surface area contributed by atoms with Gasteiger partial charge in [-0.05, 0) is 61.7 Å². The van der Waals surface area contributed by atoms with Crippen molar-refractivity contribution in [3.8, 4) is 0 Å². The van der Waals surface area contributed by atoms with Crippen molar-refractivity contribution >= 4 is 49.2 Å². The second-order valence-electron chi connectivity index (χ2n) is 6.38. The molecule has 4 rings (SSSR count). The molecular weight excluding hydrogens is 486 g/mol. The molecule has 0 radical (unpaired) electrons. The lowest BCUT2D eigenvalue weighted by molar-refractivity contribution is 0.0146. The number of carbonyl (C=O) groups excluding carboxylic acids is 2. The molecule has 0 bridgehead atoms. The summed E-state index contributed by atoms with van der Waals surface area (Å²) >= 11 is 6.94. The monoisotopic (exact) mass is 499 g/mol. The lowest BCUT2D eigenvalue weighted by atomic mass is 9.94. The summed E-state index contributed by atoms with van der Waals surface area (Å²) in [5.41, 5.74) is 2.44. The second kappa shape index (κ2) is 7.99. The highest BCUT2D eigenvalue weighted by atomic mass is 79.9. The van der Waals surface area contributed by atoms with Crippen molar-refractivity contribution in [3.63, 3.8) is 0 Å². The number of Topliss-reactive ketones (excluding diaryl/α,β-unsaturated/α-hetero) is 1. The van der Waals surface area contributed by atoms with Gasteiger partial charge in [0.15, 0.2) is 5.78 Å². The zero-order valence-corrected chi connectivity index (χ0v) is 17.8. The number of amides is 1. The fourth-order valence-electron chi connectivity index (χ4n) is 3.15. The van der Waals surface area contributed by atoms with E-state index < -0.39 is 6.10 Å². The van der Waals surface area contributed by atoms with Crippen LogP contribution in [0.15, 0.2) is 81.7 Å². The summed E-state index contributed by atoms with van der Waals surface area (Å²) in [6.07, 6.45) is -0.452. The highest BCUT2D eigenvalue weighted by Gasteiger charge is 2.35. The van der Waals surface area contributed by atoms with Gasteiger partial charge in [-0.2, -0.15) is 5.06 Å². The first-order chi connectivity index (χ1) is 13.5. The quantitative estimate of drug-likeness (QED) is 0.405. The Morgan fingerprint density at radius 1 is 0.929 bits per heavy atom. The molecule has 1 unspecified atom stereocenters. The standard InChI is InChI=1S/C22H15Br2NO3/c23-18-11-16-17(12-19(18)24)22(27)25(15-9-5-2-6-10-15)28-21(16)13-20(26)14-7-3-1-4-8-14/h1-12,21H,13H2. The van der Waals surface area contributed by atoms with Crippen LogP contribution in [-0.4, -0.2) is 11.7 Å². The lowest BCUT2D eigenvalue weighted by Crippen LogP contribution is -2.38. The van der Waals surface area contributed by atoms with Gasteiger partial charge in [-0.15, -0.1) is 0 Å². The SMILES string of the molecule is O=C(CC1ON(c2ccccc2)C(=O)c2cc(Br)c(Br)cc21)c1ccccc1. The van der Waals surface area contributed by atoms with Gasteiger partial charge in [0, 0.05) is 26.5 Å². The molecule has 6 heteroatoms. The maximum atomic E-state index is 13.1. The molecule has 1 amide bonds. The molecule has 0 fully saturated rings. The van der Waals surface area contributed by atoms with Crippen molar-refractivity contribution in [3.05, 3.63) is 98.4 Å². The van der Waals surface area contributed by atoms with E-state index in [1.54, 1.807) is 30.3 Å². The van der Waals surface area contributed by atoms with Crippen LogP contribution in [0.4, 0.5) is 5.69 Å². The van der Waals surface area contributed by atoms with Crippen LogP contribution in [0.3, 0.4) is 0 Å². The van der Waals surface area contributed by atoms with E-state index in [0.717, 1.165) is 8.95 Å². The van der Waals surface area contributed by atoms with Gasteiger partial charge in [-0.3, -0.25) is 14.4 Å². The van der Waals surface area contributed by atoms with Crippen molar-refractivity contribution in [2.75, 3.05) is 5.06 Å². The van der Waals surface area contributed by atoms with E-state index in [-0.39, 0.29) is 18.1 Å². The number of anilines is 1. The molecule has 1 aliphatic rings.